The molecule has 6 heteroatoms. The van der Waals surface area contributed by atoms with Gasteiger partial charge >= 0.3 is 0 Å². The third-order valence-corrected chi connectivity index (χ3v) is 3.66. The number of benzene rings is 1. The van der Waals surface area contributed by atoms with E-state index in [1.54, 1.807) is 6.07 Å². The number of nitrogens with zero attached hydrogens (tertiary/aromatic N) is 2. The Kier molecular flexibility index (Phi) is 3.82. The van der Waals surface area contributed by atoms with E-state index in [1.165, 1.54) is 12.1 Å². The molecule has 1 aromatic carbocycles. The number of hydrogen-bond donors (Lipinski definition) is 1. The minimum atomic E-state index is -0.303. The predicted octanol–water partition coefficient (Wildman–Crippen LogP) is 4.39. The SMILES string of the molecule is Cc1c(Cl)nnc(Nc2ccc(F)cc2Br)c1C. The highest BCUT2D eigenvalue weighted by molar-refractivity contribution is 9.10. The molecular weight excluding hydrogens is 321 g/mol. The maximum absolute atomic E-state index is 13.0. The highest BCUT2D eigenvalue weighted by Crippen LogP contribution is 2.28. The first-order chi connectivity index (χ1) is 8.49. The van der Waals surface area contributed by atoms with E-state index >= 15 is 0 Å². The van der Waals surface area contributed by atoms with Gasteiger partial charge in [0.2, 0.25) is 0 Å². The molecule has 0 saturated carbocycles. The van der Waals surface area contributed by atoms with Crippen molar-refractivity contribution in [1.29, 1.82) is 0 Å². The van der Waals surface area contributed by atoms with Crippen molar-refractivity contribution in [3.8, 4) is 0 Å². The summed E-state index contributed by atoms with van der Waals surface area (Å²) in [6, 6.07) is 4.39. The molecule has 1 heterocycles. The molecule has 1 aromatic heterocycles. The second-order valence-electron chi connectivity index (χ2n) is 3.84. The zero-order valence-corrected chi connectivity index (χ0v) is 12.1. The van der Waals surface area contributed by atoms with Crippen molar-refractivity contribution in [2.75, 3.05) is 5.32 Å². The molecule has 2 rings (SSSR count). The monoisotopic (exact) mass is 329 g/mol. The molecule has 1 N–H and O–H groups in total. The van der Waals surface area contributed by atoms with Crippen LogP contribution >= 0.6 is 27.5 Å². The summed E-state index contributed by atoms with van der Waals surface area (Å²) in [5.41, 5.74) is 2.49. The van der Waals surface area contributed by atoms with E-state index in [-0.39, 0.29) is 5.82 Å². The minimum Gasteiger partial charge on any atom is -0.338 e. The molecule has 0 atom stereocenters. The second kappa shape index (κ2) is 5.20. The number of anilines is 2. The summed E-state index contributed by atoms with van der Waals surface area (Å²) >= 11 is 9.17. The van der Waals surface area contributed by atoms with Crippen LogP contribution in [0.3, 0.4) is 0 Å². The minimum absolute atomic E-state index is 0.303. The summed E-state index contributed by atoms with van der Waals surface area (Å²) in [7, 11) is 0. The van der Waals surface area contributed by atoms with Gasteiger partial charge in [-0.3, -0.25) is 0 Å². The van der Waals surface area contributed by atoms with Crippen LogP contribution in [-0.2, 0) is 0 Å². The molecule has 0 aliphatic heterocycles. The molecule has 0 bridgehead atoms. The Bertz CT molecular complexity index is 604. The molecule has 0 aliphatic carbocycles. The van der Waals surface area contributed by atoms with E-state index < -0.39 is 0 Å². The van der Waals surface area contributed by atoms with E-state index in [2.05, 4.69) is 31.4 Å². The molecule has 94 valence electrons. The van der Waals surface area contributed by atoms with Crippen LogP contribution in [0.5, 0.6) is 0 Å². The Hall–Kier alpha value is -1.20. The summed E-state index contributed by atoms with van der Waals surface area (Å²) in [4.78, 5) is 0. The molecule has 0 aliphatic rings. The van der Waals surface area contributed by atoms with Crippen LogP contribution in [0, 0.1) is 19.7 Å². The van der Waals surface area contributed by atoms with Gasteiger partial charge in [0.1, 0.15) is 5.82 Å². The third-order valence-electron chi connectivity index (χ3n) is 2.65. The Morgan fingerprint density at radius 2 is 1.94 bits per heavy atom. The molecule has 0 radical (unpaired) electrons. The highest BCUT2D eigenvalue weighted by Gasteiger charge is 2.09. The summed E-state index contributed by atoms with van der Waals surface area (Å²) in [6.07, 6.45) is 0. The molecule has 3 nitrogen and oxygen atoms in total. The van der Waals surface area contributed by atoms with Gasteiger partial charge in [0.25, 0.3) is 0 Å². The number of hydrogen-bond acceptors (Lipinski definition) is 3. The van der Waals surface area contributed by atoms with Crippen molar-refractivity contribution in [2.45, 2.75) is 13.8 Å². The van der Waals surface area contributed by atoms with Crippen molar-refractivity contribution in [2.24, 2.45) is 0 Å². The lowest BCUT2D eigenvalue weighted by Gasteiger charge is -2.11. The van der Waals surface area contributed by atoms with Crippen LogP contribution < -0.4 is 5.32 Å². The summed E-state index contributed by atoms with van der Waals surface area (Å²) < 4.78 is 13.6. The Morgan fingerprint density at radius 3 is 2.61 bits per heavy atom. The van der Waals surface area contributed by atoms with Gasteiger partial charge in [-0.1, -0.05) is 11.6 Å². The Morgan fingerprint density at radius 1 is 1.22 bits per heavy atom. The smallest absolute Gasteiger partial charge is 0.156 e. The molecule has 0 saturated heterocycles. The topological polar surface area (TPSA) is 37.8 Å². The fourth-order valence-corrected chi connectivity index (χ4v) is 2.04. The third kappa shape index (κ3) is 2.62. The average Bonchev–Trinajstić information content (AvgIpc) is 2.33. The van der Waals surface area contributed by atoms with Gasteiger partial charge in [-0.25, -0.2) is 4.39 Å². The van der Waals surface area contributed by atoms with Crippen LogP contribution in [0.1, 0.15) is 11.1 Å². The summed E-state index contributed by atoms with van der Waals surface area (Å²) in [5.74, 6) is 0.298. The molecule has 2 aromatic rings. The lowest BCUT2D eigenvalue weighted by atomic mass is 10.2. The lowest BCUT2D eigenvalue weighted by molar-refractivity contribution is 0.627. The van der Waals surface area contributed by atoms with Crippen molar-refractivity contribution in [3.05, 3.63) is 44.8 Å². The maximum Gasteiger partial charge on any atom is 0.156 e. The van der Waals surface area contributed by atoms with Crippen LogP contribution in [0.25, 0.3) is 0 Å². The van der Waals surface area contributed by atoms with Crippen LogP contribution in [0.15, 0.2) is 22.7 Å². The van der Waals surface area contributed by atoms with Gasteiger partial charge in [-0.2, -0.15) is 0 Å². The highest BCUT2D eigenvalue weighted by atomic mass is 79.9. The molecule has 0 amide bonds. The van der Waals surface area contributed by atoms with Crippen molar-refractivity contribution < 1.29 is 4.39 Å². The first-order valence-electron chi connectivity index (χ1n) is 5.20. The van der Waals surface area contributed by atoms with Gasteiger partial charge in [0.05, 0.1) is 5.69 Å². The largest absolute Gasteiger partial charge is 0.338 e. The van der Waals surface area contributed by atoms with Crippen LogP contribution in [-0.4, -0.2) is 10.2 Å². The first kappa shape index (κ1) is 13.2. The maximum atomic E-state index is 13.0. The van der Waals surface area contributed by atoms with E-state index in [0.717, 1.165) is 16.8 Å². The molecule has 0 unspecified atom stereocenters. The number of aromatic nitrogens is 2. The van der Waals surface area contributed by atoms with Gasteiger partial charge in [-0.15, -0.1) is 10.2 Å². The summed E-state index contributed by atoms with van der Waals surface area (Å²) in [6.45, 7) is 3.77. The molecule has 18 heavy (non-hydrogen) atoms. The van der Waals surface area contributed by atoms with Crippen molar-refractivity contribution in [3.63, 3.8) is 0 Å². The number of halogens is 3. The summed E-state index contributed by atoms with van der Waals surface area (Å²) in [5, 5.41) is 11.3. The Balaban J connectivity index is 2.37. The van der Waals surface area contributed by atoms with Gasteiger partial charge < -0.3 is 5.32 Å². The van der Waals surface area contributed by atoms with Crippen molar-refractivity contribution >= 4 is 39.0 Å². The van der Waals surface area contributed by atoms with E-state index in [4.69, 9.17) is 11.6 Å². The number of rotatable bonds is 2. The Labute approximate surface area is 118 Å². The lowest BCUT2D eigenvalue weighted by Crippen LogP contribution is -2.01. The van der Waals surface area contributed by atoms with Gasteiger partial charge in [-0.05, 0) is 59.1 Å². The molecule has 0 spiro atoms. The van der Waals surface area contributed by atoms with Crippen molar-refractivity contribution in [1.82, 2.24) is 10.2 Å². The van der Waals surface area contributed by atoms with E-state index in [9.17, 15) is 4.39 Å². The zero-order chi connectivity index (χ0) is 13.3. The standard InChI is InChI=1S/C12H10BrClFN3/c1-6-7(2)12(18-17-11(6)14)16-10-4-3-8(15)5-9(10)13/h3-5H,1-2H3,(H,16,18). The fourth-order valence-electron chi connectivity index (χ4n) is 1.41. The fraction of sp³-hybridized carbons (Fsp3) is 0.167. The average molecular weight is 331 g/mol. The van der Waals surface area contributed by atoms with Crippen LogP contribution in [0.2, 0.25) is 5.15 Å². The van der Waals surface area contributed by atoms with E-state index in [0.29, 0.717) is 15.4 Å². The van der Waals surface area contributed by atoms with Gasteiger partial charge in [0, 0.05) is 4.47 Å². The van der Waals surface area contributed by atoms with Gasteiger partial charge in [0.15, 0.2) is 11.0 Å². The molecule has 0 fully saturated rings. The quantitative estimate of drug-likeness (QED) is 0.887. The van der Waals surface area contributed by atoms with E-state index in [1.807, 2.05) is 13.8 Å². The predicted molar refractivity (Wildman–Crippen MR) is 73.9 cm³/mol. The normalized spacial score (nSPS) is 10.5. The molecular formula is C12H10BrClFN3. The zero-order valence-electron chi connectivity index (χ0n) is 9.76. The van der Waals surface area contributed by atoms with Crippen LogP contribution in [0.4, 0.5) is 15.9 Å². The second-order valence-corrected chi connectivity index (χ2v) is 5.05. The first-order valence-corrected chi connectivity index (χ1v) is 6.37. The number of nitrogens with one attached hydrogen (secondary N) is 1.